The molecule has 17 heavy (non-hydrogen) atoms. The third-order valence-corrected chi connectivity index (χ3v) is 2.28. The van der Waals surface area contributed by atoms with Crippen molar-refractivity contribution in [3.63, 3.8) is 0 Å². The molecule has 1 heterocycles. The topological polar surface area (TPSA) is 78.9 Å². The van der Waals surface area contributed by atoms with Crippen LogP contribution in [-0.2, 0) is 28.6 Å². The molecule has 1 aliphatic rings. The molecule has 0 aliphatic carbocycles. The summed E-state index contributed by atoms with van der Waals surface area (Å²) in [7, 11) is 0. The highest BCUT2D eigenvalue weighted by atomic mass is 16.7. The van der Waals surface area contributed by atoms with E-state index in [0.29, 0.717) is 6.61 Å². The number of hydrogen-bond acceptors (Lipinski definition) is 6. The molecule has 0 bridgehead atoms. The number of unbranched alkanes of at least 4 members (excludes halogenated alkanes) is 2. The standard InChI is InChI=1S/C11H16O6/c1-3-4-5-6-15-8-9(16-7(2)12)11(14)17-10(8)13/h8-9H,3-6H2,1-2H3/t8-,9-/m1/s1. The summed E-state index contributed by atoms with van der Waals surface area (Å²) in [6.07, 6.45) is 0.380. The summed E-state index contributed by atoms with van der Waals surface area (Å²) in [6.45, 7) is 3.53. The first-order chi connectivity index (χ1) is 8.06. The fourth-order valence-corrected chi connectivity index (χ4v) is 1.47. The van der Waals surface area contributed by atoms with E-state index in [1.54, 1.807) is 0 Å². The minimum Gasteiger partial charge on any atom is -0.447 e. The van der Waals surface area contributed by atoms with Crippen molar-refractivity contribution >= 4 is 17.9 Å². The van der Waals surface area contributed by atoms with E-state index in [4.69, 9.17) is 9.47 Å². The van der Waals surface area contributed by atoms with Crippen LogP contribution in [-0.4, -0.2) is 36.7 Å². The number of esters is 3. The molecular formula is C11H16O6. The number of carbonyl (C=O) groups excluding carboxylic acids is 3. The van der Waals surface area contributed by atoms with Crippen LogP contribution < -0.4 is 0 Å². The summed E-state index contributed by atoms with van der Waals surface area (Å²) in [5.41, 5.74) is 0. The van der Waals surface area contributed by atoms with Crippen LogP contribution >= 0.6 is 0 Å². The van der Waals surface area contributed by atoms with Crippen molar-refractivity contribution in [3.05, 3.63) is 0 Å². The van der Waals surface area contributed by atoms with Gasteiger partial charge in [0.05, 0.1) is 0 Å². The smallest absolute Gasteiger partial charge is 0.358 e. The van der Waals surface area contributed by atoms with Gasteiger partial charge in [0.15, 0.2) is 0 Å². The summed E-state index contributed by atoms with van der Waals surface area (Å²) in [5.74, 6) is -2.31. The molecule has 0 aromatic rings. The number of ether oxygens (including phenoxy) is 3. The van der Waals surface area contributed by atoms with Crippen LogP contribution in [0.3, 0.4) is 0 Å². The van der Waals surface area contributed by atoms with Crippen molar-refractivity contribution in [2.75, 3.05) is 6.61 Å². The van der Waals surface area contributed by atoms with Crippen LogP contribution in [0.5, 0.6) is 0 Å². The molecule has 6 heteroatoms. The molecule has 2 atom stereocenters. The highest BCUT2D eigenvalue weighted by molar-refractivity contribution is 6.00. The lowest BCUT2D eigenvalue weighted by atomic mass is 10.2. The summed E-state index contributed by atoms with van der Waals surface area (Å²) < 4.78 is 14.3. The molecule has 0 saturated carbocycles. The molecule has 0 unspecified atom stereocenters. The van der Waals surface area contributed by atoms with Gasteiger partial charge in [-0.15, -0.1) is 0 Å². The Morgan fingerprint density at radius 3 is 2.47 bits per heavy atom. The normalized spacial score (nSPS) is 23.6. The molecule has 1 fully saturated rings. The lowest BCUT2D eigenvalue weighted by molar-refractivity contribution is -0.162. The highest BCUT2D eigenvalue weighted by Crippen LogP contribution is 2.17. The third kappa shape index (κ3) is 3.81. The fraction of sp³-hybridized carbons (Fsp3) is 0.727. The molecule has 0 amide bonds. The maximum atomic E-state index is 11.3. The van der Waals surface area contributed by atoms with Crippen molar-refractivity contribution in [2.24, 2.45) is 0 Å². The van der Waals surface area contributed by atoms with E-state index >= 15 is 0 Å². The van der Waals surface area contributed by atoms with Crippen LogP contribution in [0.1, 0.15) is 33.1 Å². The van der Waals surface area contributed by atoms with Crippen LogP contribution in [0.4, 0.5) is 0 Å². The molecule has 96 valence electrons. The Labute approximate surface area is 99.2 Å². The summed E-state index contributed by atoms with van der Waals surface area (Å²) >= 11 is 0. The monoisotopic (exact) mass is 244 g/mol. The third-order valence-electron chi connectivity index (χ3n) is 2.28. The zero-order chi connectivity index (χ0) is 12.8. The van der Waals surface area contributed by atoms with E-state index in [-0.39, 0.29) is 0 Å². The maximum absolute atomic E-state index is 11.3. The zero-order valence-corrected chi connectivity index (χ0v) is 9.93. The molecule has 0 N–H and O–H groups in total. The Balaban J connectivity index is 2.50. The summed E-state index contributed by atoms with van der Waals surface area (Å²) in [6, 6.07) is 0. The number of hydrogen-bond donors (Lipinski definition) is 0. The molecule has 0 aromatic carbocycles. The van der Waals surface area contributed by atoms with Gasteiger partial charge in [-0.3, -0.25) is 4.79 Å². The minimum atomic E-state index is -1.26. The molecule has 0 radical (unpaired) electrons. The van der Waals surface area contributed by atoms with Crippen LogP contribution in [0, 0.1) is 0 Å². The van der Waals surface area contributed by atoms with Gasteiger partial charge in [0, 0.05) is 13.5 Å². The van der Waals surface area contributed by atoms with E-state index in [1.165, 1.54) is 0 Å². The van der Waals surface area contributed by atoms with Gasteiger partial charge in [-0.25, -0.2) is 9.59 Å². The Morgan fingerprint density at radius 2 is 1.88 bits per heavy atom. The van der Waals surface area contributed by atoms with Crippen molar-refractivity contribution < 1.29 is 28.6 Å². The fourth-order valence-electron chi connectivity index (χ4n) is 1.47. The lowest BCUT2D eigenvalue weighted by Gasteiger charge is -2.14. The van der Waals surface area contributed by atoms with Gasteiger partial charge >= 0.3 is 17.9 Å². The molecule has 1 aliphatic heterocycles. The predicted octanol–water partition coefficient (Wildman–Crippen LogP) is 0.577. The Kier molecular flexibility index (Phi) is 5.09. The van der Waals surface area contributed by atoms with E-state index in [2.05, 4.69) is 4.74 Å². The van der Waals surface area contributed by atoms with Crippen molar-refractivity contribution in [1.29, 1.82) is 0 Å². The van der Waals surface area contributed by atoms with Crippen LogP contribution in [0.15, 0.2) is 0 Å². The Hall–Kier alpha value is -1.43. The zero-order valence-electron chi connectivity index (χ0n) is 9.93. The molecule has 6 nitrogen and oxygen atoms in total. The Bertz CT molecular complexity index is 311. The second kappa shape index (κ2) is 6.34. The van der Waals surface area contributed by atoms with Crippen molar-refractivity contribution in [2.45, 2.75) is 45.3 Å². The first-order valence-corrected chi connectivity index (χ1v) is 5.60. The second-order valence-corrected chi connectivity index (χ2v) is 3.77. The number of rotatable bonds is 6. The SMILES string of the molecule is CCCCCO[C@H]1C(=O)OC(=O)[C@@H]1OC(C)=O. The second-order valence-electron chi connectivity index (χ2n) is 3.77. The lowest BCUT2D eigenvalue weighted by Crippen LogP contribution is -2.35. The largest absolute Gasteiger partial charge is 0.447 e. The van der Waals surface area contributed by atoms with Gasteiger partial charge in [0.2, 0.25) is 12.2 Å². The van der Waals surface area contributed by atoms with E-state index in [1.807, 2.05) is 6.92 Å². The van der Waals surface area contributed by atoms with Crippen LogP contribution in [0.2, 0.25) is 0 Å². The van der Waals surface area contributed by atoms with E-state index in [9.17, 15) is 14.4 Å². The van der Waals surface area contributed by atoms with Crippen LogP contribution in [0.25, 0.3) is 0 Å². The van der Waals surface area contributed by atoms with Gasteiger partial charge in [0.1, 0.15) is 0 Å². The number of carbonyl (C=O) groups is 3. The maximum Gasteiger partial charge on any atom is 0.358 e. The van der Waals surface area contributed by atoms with Gasteiger partial charge < -0.3 is 14.2 Å². The van der Waals surface area contributed by atoms with Crippen molar-refractivity contribution in [1.82, 2.24) is 0 Å². The average Bonchev–Trinajstić information content (AvgIpc) is 2.50. The van der Waals surface area contributed by atoms with Crippen molar-refractivity contribution in [3.8, 4) is 0 Å². The Morgan fingerprint density at radius 1 is 1.24 bits per heavy atom. The molecule has 0 spiro atoms. The number of cyclic esters (lactones) is 2. The molecule has 0 aromatic heterocycles. The molecule has 1 saturated heterocycles. The first-order valence-electron chi connectivity index (χ1n) is 5.60. The van der Waals surface area contributed by atoms with Gasteiger partial charge in [-0.1, -0.05) is 19.8 Å². The first kappa shape index (κ1) is 13.6. The van der Waals surface area contributed by atoms with E-state index in [0.717, 1.165) is 26.2 Å². The quantitative estimate of drug-likeness (QED) is 0.386. The predicted molar refractivity (Wildman–Crippen MR) is 55.9 cm³/mol. The van der Waals surface area contributed by atoms with E-state index < -0.39 is 30.1 Å². The molecular weight excluding hydrogens is 228 g/mol. The summed E-state index contributed by atoms with van der Waals surface area (Å²) in [4.78, 5) is 33.3. The highest BCUT2D eigenvalue weighted by Gasteiger charge is 2.47. The summed E-state index contributed by atoms with van der Waals surface area (Å²) in [5, 5.41) is 0. The average molecular weight is 244 g/mol. The molecule has 1 rings (SSSR count). The van der Waals surface area contributed by atoms with Gasteiger partial charge in [0.25, 0.3) is 0 Å². The minimum absolute atomic E-state index is 0.332. The van der Waals surface area contributed by atoms with Gasteiger partial charge in [-0.2, -0.15) is 0 Å². The van der Waals surface area contributed by atoms with Gasteiger partial charge in [-0.05, 0) is 6.42 Å².